The number of sulfonamides is 1. The molecule has 1 aliphatic heterocycles. The van der Waals surface area contributed by atoms with Gasteiger partial charge in [-0.2, -0.15) is 0 Å². The molecule has 1 atom stereocenters. The minimum atomic E-state index is -3.71. The van der Waals surface area contributed by atoms with Crippen molar-refractivity contribution in [2.75, 3.05) is 30.6 Å². The number of hydrogen-bond donors (Lipinski definition) is 3. The first-order valence-electron chi connectivity index (χ1n) is 14.7. The van der Waals surface area contributed by atoms with Gasteiger partial charge in [0.05, 0.1) is 22.5 Å². The number of likely N-dealkylation sites (tertiary alicyclic amines) is 1. The Morgan fingerprint density at radius 3 is 2.53 bits per heavy atom. The number of amides is 2. The van der Waals surface area contributed by atoms with Crippen molar-refractivity contribution in [3.63, 3.8) is 0 Å². The number of hydrogen-bond acceptors (Lipinski definition) is 5. The second-order valence-corrected chi connectivity index (χ2v) is 13.2. The fraction of sp³-hybridized carbons (Fsp3) is 0.273. The predicted molar refractivity (Wildman–Crippen MR) is 169 cm³/mol. The summed E-state index contributed by atoms with van der Waals surface area (Å²) in [5, 5.41) is 3.72. The Morgan fingerprint density at radius 2 is 1.84 bits per heavy atom. The van der Waals surface area contributed by atoms with Crippen LogP contribution in [0.2, 0.25) is 0 Å². The van der Waals surface area contributed by atoms with Gasteiger partial charge < -0.3 is 19.6 Å². The van der Waals surface area contributed by atoms with Crippen molar-refractivity contribution in [3.05, 3.63) is 88.6 Å². The van der Waals surface area contributed by atoms with E-state index >= 15 is 0 Å². The van der Waals surface area contributed by atoms with Crippen molar-refractivity contribution in [2.45, 2.75) is 32.6 Å². The zero-order chi connectivity index (χ0) is 32.0. The lowest BCUT2D eigenvalue weighted by atomic mass is 9.88. The molecular weight excluding hydrogens is 602 g/mol. The maximum absolute atomic E-state index is 14.5. The highest BCUT2D eigenvalue weighted by Crippen LogP contribution is 2.41. The van der Waals surface area contributed by atoms with Crippen LogP contribution in [0.5, 0.6) is 0 Å². The number of carbonyl (C=O) groups is 2. The van der Waals surface area contributed by atoms with E-state index < -0.39 is 27.6 Å². The quantitative estimate of drug-likeness (QED) is 0.194. The molecule has 3 heterocycles. The lowest BCUT2D eigenvalue weighted by Crippen LogP contribution is -2.39. The zero-order valence-electron chi connectivity index (χ0n) is 25.0. The second kappa shape index (κ2) is 11.7. The first kappa shape index (κ1) is 30.3. The molecule has 9 nitrogen and oxygen atoms in total. The number of aromatic nitrogens is 1. The fourth-order valence-electron chi connectivity index (χ4n) is 6.09. The molecule has 0 unspecified atom stereocenters. The molecule has 0 bridgehead atoms. The average molecular weight is 635 g/mol. The van der Waals surface area contributed by atoms with Crippen molar-refractivity contribution in [1.82, 2.24) is 15.2 Å². The number of fused-ring (bicyclic) bond motifs is 2. The molecule has 0 saturated carbocycles. The summed E-state index contributed by atoms with van der Waals surface area (Å²) in [6.07, 6.45) is 1.28. The van der Waals surface area contributed by atoms with Gasteiger partial charge in [-0.3, -0.25) is 14.3 Å². The molecule has 0 spiro atoms. The van der Waals surface area contributed by atoms with Gasteiger partial charge >= 0.3 is 0 Å². The van der Waals surface area contributed by atoms with Crippen LogP contribution in [0.3, 0.4) is 0 Å². The van der Waals surface area contributed by atoms with Gasteiger partial charge in [-0.15, -0.1) is 0 Å². The standard InChI is InChI=1S/C33H32F2N4O5S/c1-4-45(42,43)38-26-16-27-24(28(32(40)36-3)31(44-27)19-10-12-21(34)13-11-19)15-23(26)20-7-6-14-39(17-20)33(41)29-18(2)22-8-5-9-25(35)30(22)37-29/h5,8-13,15-16,20,37-38H,4,6-7,14,17H2,1-3H3,(H,36,40)/t20-/m1/s1. The molecule has 0 radical (unpaired) electrons. The largest absolute Gasteiger partial charge is 0.455 e. The van der Waals surface area contributed by atoms with Gasteiger partial charge in [0.15, 0.2) is 0 Å². The van der Waals surface area contributed by atoms with Crippen molar-refractivity contribution in [1.29, 1.82) is 0 Å². The Balaban J connectivity index is 1.45. The lowest BCUT2D eigenvalue weighted by Gasteiger charge is -2.34. The zero-order valence-corrected chi connectivity index (χ0v) is 25.8. The fourth-order valence-corrected chi connectivity index (χ4v) is 6.74. The Bertz CT molecular complexity index is 2070. The third-order valence-electron chi connectivity index (χ3n) is 8.47. The molecule has 2 amide bonds. The number of benzene rings is 3. The average Bonchev–Trinajstić information content (AvgIpc) is 3.58. The van der Waals surface area contributed by atoms with E-state index in [1.807, 2.05) is 0 Å². The number of furan rings is 1. The third-order valence-corrected chi connectivity index (χ3v) is 9.76. The van der Waals surface area contributed by atoms with Crippen LogP contribution in [0.25, 0.3) is 33.2 Å². The normalized spacial score (nSPS) is 15.5. The number of para-hydroxylation sites is 1. The summed E-state index contributed by atoms with van der Waals surface area (Å²) in [5.74, 6) is -1.85. The summed E-state index contributed by atoms with van der Waals surface area (Å²) < 4.78 is 62.6. The van der Waals surface area contributed by atoms with Crippen molar-refractivity contribution < 1.29 is 31.2 Å². The van der Waals surface area contributed by atoms with Gasteiger partial charge in [0.1, 0.15) is 28.7 Å². The molecule has 234 valence electrons. The van der Waals surface area contributed by atoms with Crippen molar-refractivity contribution in [2.24, 2.45) is 0 Å². The summed E-state index contributed by atoms with van der Waals surface area (Å²) in [6, 6.07) is 13.5. The van der Waals surface area contributed by atoms with Crippen LogP contribution in [-0.2, 0) is 10.0 Å². The van der Waals surface area contributed by atoms with Crippen LogP contribution in [-0.4, -0.2) is 56.0 Å². The van der Waals surface area contributed by atoms with Gasteiger partial charge in [-0.25, -0.2) is 17.2 Å². The van der Waals surface area contributed by atoms with E-state index in [1.165, 1.54) is 44.3 Å². The number of H-pyrrole nitrogens is 1. The Hall–Kier alpha value is -4.71. The van der Waals surface area contributed by atoms with Crippen LogP contribution in [0.1, 0.15) is 57.7 Å². The predicted octanol–water partition coefficient (Wildman–Crippen LogP) is 6.31. The molecule has 5 aromatic rings. The van der Waals surface area contributed by atoms with E-state index in [0.29, 0.717) is 52.5 Å². The number of piperidine rings is 1. The second-order valence-electron chi connectivity index (χ2n) is 11.2. The maximum Gasteiger partial charge on any atom is 0.270 e. The van der Waals surface area contributed by atoms with Gasteiger partial charge in [0.25, 0.3) is 11.8 Å². The highest BCUT2D eigenvalue weighted by molar-refractivity contribution is 7.92. The van der Waals surface area contributed by atoms with Crippen LogP contribution in [0, 0.1) is 18.6 Å². The van der Waals surface area contributed by atoms with E-state index in [4.69, 9.17) is 4.42 Å². The first-order chi connectivity index (χ1) is 21.5. The number of nitrogens with zero attached hydrogens (tertiary/aromatic N) is 1. The van der Waals surface area contributed by atoms with Crippen LogP contribution in [0.15, 0.2) is 59.0 Å². The lowest BCUT2D eigenvalue weighted by molar-refractivity contribution is 0.0701. The SMILES string of the molecule is CCS(=O)(=O)Nc1cc2oc(-c3ccc(F)cc3)c(C(=O)NC)c2cc1[C@@H]1CCCN(C(=O)c2[nH]c3c(F)cccc3c2C)C1. The number of nitrogens with one attached hydrogen (secondary N) is 3. The van der Waals surface area contributed by atoms with E-state index in [2.05, 4.69) is 15.0 Å². The summed E-state index contributed by atoms with van der Waals surface area (Å²) >= 11 is 0. The molecule has 1 fully saturated rings. The summed E-state index contributed by atoms with van der Waals surface area (Å²) in [4.78, 5) is 31.6. The number of carbonyl (C=O) groups excluding carboxylic acids is 2. The molecule has 6 rings (SSSR count). The molecule has 3 N–H and O–H groups in total. The highest BCUT2D eigenvalue weighted by Gasteiger charge is 2.31. The van der Waals surface area contributed by atoms with E-state index in [9.17, 15) is 26.8 Å². The molecule has 0 aliphatic carbocycles. The van der Waals surface area contributed by atoms with Gasteiger partial charge in [-0.1, -0.05) is 12.1 Å². The Morgan fingerprint density at radius 1 is 1.09 bits per heavy atom. The van der Waals surface area contributed by atoms with Gasteiger partial charge in [-0.05, 0) is 74.2 Å². The topological polar surface area (TPSA) is 125 Å². The summed E-state index contributed by atoms with van der Waals surface area (Å²) in [7, 11) is -2.23. The van der Waals surface area contributed by atoms with Gasteiger partial charge in [0, 0.05) is 48.5 Å². The number of halogens is 2. The molecule has 2 aromatic heterocycles. The molecular formula is C33H32F2N4O5S. The summed E-state index contributed by atoms with van der Waals surface area (Å²) in [5.41, 5.74) is 3.09. The maximum atomic E-state index is 14.5. The molecule has 12 heteroatoms. The highest BCUT2D eigenvalue weighted by atomic mass is 32.2. The van der Waals surface area contributed by atoms with E-state index in [1.54, 1.807) is 36.1 Å². The van der Waals surface area contributed by atoms with E-state index in [-0.39, 0.29) is 52.2 Å². The first-order valence-corrected chi connectivity index (χ1v) is 16.3. The molecule has 1 aliphatic rings. The summed E-state index contributed by atoms with van der Waals surface area (Å²) in [6.45, 7) is 4.03. The number of aromatic amines is 1. The van der Waals surface area contributed by atoms with Crippen molar-refractivity contribution >= 4 is 49.4 Å². The van der Waals surface area contributed by atoms with Crippen LogP contribution in [0.4, 0.5) is 14.5 Å². The molecule has 3 aromatic carbocycles. The van der Waals surface area contributed by atoms with Crippen LogP contribution < -0.4 is 10.0 Å². The third kappa shape index (κ3) is 5.54. The number of rotatable bonds is 7. The number of aryl methyl sites for hydroxylation is 1. The minimum Gasteiger partial charge on any atom is -0.455 e. The number of anilines is 1. The smallest absolute Gasteiger partial charge is 0.270 e. The van der Waals surface area contributed by atoms with E-state index in [0.717, 1.165) is 0 Å². The minimum absolute atomic E-state index is 0.168. The molecule has 45 heavy (non-hydrogen) atoms. The Labute approximate surface area is 258 Å². The molecule has 1 saturated heterocycles. The van der Waals surface area contributed by atoms with Crippen molar-refractivity contribution in [3.8, 4) is 11.3 Å². The monoisotopic (exact) mass is 634 g/mol. The van der Waals surface area contributed by atoms with Gasteiger partial charge in [0.2, 0.25) is 10.0 Å². The Kier molecular flexibility index (Phi) is 7.86. The van der Waals surface area contributed by atoms with Crippen LogP contribution >= 0.6 is 0 Å².